The molecule has 0 saturated carbocycles. The minimum absolute atomic E-state index is 0.00520. The van der Waals surface area contributed by atoms with Gasteiger partial charge in [-0.05, 0) is 66.5 Å². The fourth-order valence-corrected chi connectivity index (χ4v) is 3.63. The molecule has 3 aromatic heterocycles. The maximum absolute atomic E-state index is 13.2. The summed E-state index contributed by atoms with van der Waals surface area (Å²) in [4.78, 5) is 33.6. The van der Waals surface area contributed by atoms with E-state index in [4.69, 9.17) is 0 Å². The van der Waals surface area contributed by atoms with Crippen LogP contribution in [0.1, 0.15) is 47.3 Å². The number of aromatic nitrogens is 3. The summed E-state index contributed by atoms with van der Waals surface area (Å²) in [5.41, 5.74) is -0.845. The smallest absolute Gasteiger partial charge is 0.352 e. The lowest BCUT2D eigenvalue weighted by atomic mass is 10.00. The molecule has 10 heteroatoms. The van der Waals surface area contributed by atoms with Gasteiger partial charge in [0.15, 0.2) is 0 Å². The van der Waals surface area contributed by atoms with Gasteiger partial charge in [0.1, 0.15) is 11.3 Å². The number of carbonyl (C=O) groups excluding carboxylic acids is 1. The summed E-state index contributed by atoms with van der Waals surface area (Å²) in [6.45, 7) is 5.45. The summed E-state index contributed by atoms with van der Waals surface area (Å²) in [6, 6.07) is 5.33. The zero-order valence-electron chi connectivity index (χ0n) is 17.5. The molecule has 1 amide bonds. The van der Waals surface area contributed by atoms with E-state index in [0.717, 1.165) is 16.7 Å². The number of halogens is 4. The Morgan fingerprint density at radius 3 is 2.56 bits per heavy atom. The van der Waals surface area contributed by atoms with Gasteiger partial charge in [-0.15, -0.1) is 0 Å². The van der Waals surface area contributed by atoms with Gasteiger partial charge in [-0.2, -0.15) is 13.2 Å². The van der Waals surface area contributed by atoms with Crippen molar-refractivity contribution < 1.29 is 18.0 Å². The van der Waals surface area contributed by atoms with E-state index in [9.17, 15) is 22.8 Å². The molecule has 168 valence electrons. The van der Waals surface area contributed by atoms with Crippen LogP contribution in [0.25, 0.3) is 11.1 Å². The third-order valence-electron chi connectivity index (χ3n) is 5.01. The monoisotopic (exact) mass is 508 g/mol. The Hall–Kier alpha value is -3.01. The second kappa shape index (κ2) is 9.23. The average molecular weight is 509 g/mol. The number of alkyl halides is 3. The predicted octanol–water partition coefficient (Wildman–Crippen LogP) is 4.75. The first-order valence-corrected chi connectivity index (χ1v) is 10.5. The van der Waals surface area contributed by atoms with E-state index in [1.165, 1.54) is 12.3 Å². The summed E-state index contributed by atoms with van der Waals surface area (Å²) in [5, 5.41) is 2.58. The van der Waals surface area contributed by atoms with Crippen LogP contribution in [0, 0.1) is 6.92 Å². The number of amides is 1. The lowest BCUT2D eigenvalue weighted by molar-refractivity contribution is -0.141. The van der Waals surface area contributed by atoms with Gasteiger partial charge in [0.05, 0.1) is 11.7 Å². The highest BCUT2D eigenvalue weighted by molar-refractivity contribution is 9.10. The van der Waals surface area contributed by atoms with Crippen LogP contribution in [-0.2, 0) is 6.18 Å². The Bertz CT molecular complexity index is 1210. The van der Waals surface area contributed by atoms with E-state index in [0.29, 0.717) is 17.9 Å². The fourth-order valence-electron chi connectivity index (χ4n) is 3.40. The van der Waals surface area contributed by atoms with Crippen molar-refractivity contribution in [2.75, 3.05) is 6.54 Å². The standard InChI is InChI=1S/C22H20BrF3N4O2/c1-4-27-21(32)16-11-30(12(2)17-6-5-15(23)10-29-17)13(3)19(20(16)31)14-7-8-28-18(9-14)22(24,25)26/h5-12H,4H2,1-3H3,(H,27,32). The van der Waals surface area contributed by atoms with Crippen molar-refractivity contribution >= 4 is 21.8 Å². The Kier molecular flexibility index (Phi) is 6.82. The molecule has 0 aliphatic heterocycles. The lowest BCUT2D eigenvalue weighted by Crippen LogP contribution is -2.31. The van der Waals surface area contributed by atoms with Gasteiger partial charge >= 0.3 is 6.18 Å². The third kappa shape index (κ3) is 4.74. The zero-order chi connectivity index (χ0) is 23.6. The SMILES string of the molecule is CCNC(=O)c1cn(C(C)c2ccc(Br)cn2)c(C)c(-c2ccnc(C(F)(F)F)c2)c1=O. The Morgan fingerprint density at radius 1 is 1.25 bits per heavy atom. The molecule has 0 radical (unpaired) electrons. The van der Waals surface area contributed by atoms with Crippen molar-refractivity contribution in [3.05, 3.63) is 80.2 Å². The van der Waals surface area contributed by atoms with Gasteiger partial charge in [-0.3, -0.25) is 19.6 Å². The van der Waals surface area contributed by atoms with E-state index in [2.05, 4.69) is 31.2 Å². The van der Waals surface area contributed by atoms with E-state index < -0.39 is 29.2 Å². The highest BCUT2D eigenvalue weighted by atomic mass is 79.9. The molecule has 3 aromatic rings. The molecule has 0 saturated heterocycles. The maximum atomic E-state index is 13.2. The lowest BCUT2D eigenvalue weighted by Gasteiger charge is -2.22. The van der Waals surface area contributed by atoms with E-state index in [1.54, 1.807) is 36.7 Å². The molecule has 0 aliphatic rings. The normalized spacial score (nSPS) is 12.5. The quantitative estimate of drug-likeness (QED) is 0.539. The molecule has 32 heavy (non-hydrogen) atoms. The molecule has 6 nitrogen and oxygen atoms in total. The van der Waals surface area contributed by atoms with Crippen molar-refractivity contribution in [1.82, 2.24) is 19.9 Å². The predicted molar refractivity (Wildman–Crippen MR) is 117 cm³/mol. The topological polar surface area (TPSA) is 76.9 Å². The summed E-state index contributed by atoms with van der Waals surface area (Å²) in [5.74, 6) is -0.603. The minimum Gasteiger partial charge on any atom is -0.352 e. The number of rotatable bonds is 5. The summed E-state index contributed by atoms with van der Waals surface area (Å²) in [6.07, 6.45) is -0.630. The molecule has 0 spiro atoms. The van der Waals surface area contributed by atoms with Crippen LogP contribution in [0.5, 0.6) is 0 Å². The molecule has 0 aromatic carbocycles. The zero-order valence-corrected chi connectivity index (χ0v) is 19.1. The van der Waals surface area contributed by atoms with Crippen LogP contribution in [0.15, 0.2) is 52.1 Å². The molecule has 3 heterocycles. The van der Waals surface area contributed by atoms with Gasteiger partial charge in [0.25, 0.3) is 5.91 Å². The first-order valence-electron chi connectivity index (χ1n) is 9.73. The number of nitrogens with zero attached hydrogens (tertiary/aromatic N) is 3. The second-order valence-electron chi connectivity index (χ2n) is 7.10. The van der Waals surface area contributed by atoms with Gasteiger partial charge in [0, 0.05) is 40.9 Å². The van der Waals surface area contributed by atoms with Crippen molar-refractivity contribution in [3.63, 3.8) is 0 Å². The van der Waals surface area contributed by atoms with Crippen molar-refractivity contribution in [3.8, 4) is 11.1 Å². The maximum Gasteiger partial charge on any atom is 0.433 e. The van der Waals surface area contributed by atoms with Crippen LogP contribution in [0.3, 0.4) is 0 Å². The number of hydrogen-bond acceptors (Lipinski definition) is 4. The van der Waals surface area contributed by atoms with Crippen LogP contribution in [0.4, 0.5) is 13.2 Å². The molecular formula is C22H20BrF3N4O2. The highest BCUT2D eigenvalue weighted by Gasteiger charge is 2.33. The van der Waals surface area contributed by atoms with E-state index >= 15 is 0 Å². The van der Waals surface area contributed by atoms with E-state index in [1.807, 2.05) is 6.92 Å². The Labute approximate surface area is 190 Å². The Morgan fingerprint density at radius 2 is 1.97 bits per heavy atom. The molecule has 0 bridgehead atoms. The molecule has 0 fully saturated rings. The van der Waals surface area contributed by atoms with Crippen molar-refractivity contribution in [1.29, 1.82) is 0 Å². The van der Waals surface area contributed by atoms with Crippen LogP contribution < -0.4 is 10.7 Å². The van der Waals surface area contributed by atoms with Crippen LogP contribution in [-0.4, -0.2) is 27.0 Å². The van der Waals surface area contributed by atoms with Crippen molar-refractivity contribution in [2.24, 2.45) is 0 Å². The number of pyridine rings is 3. The van der Waals surface area contributed by atoms with Crippen LogP contribution in [0.2, 0.25) is 0 Å². The molecule has 1 atom stereocenters. The third-order valence-corrected chi connectivity index (χ3v) is 5.47. The highest BCUT2D eigenvalue weighted by Crippen LogP contribution is 2.31. The molecular weight excluding hydrogens is 489 g/mol. The van der Waals surface area contributed by atoms with Gasteiger partial charge < -0.3 is 9.88 Å². The Balaban J connectivity index is 2.28. The molecule has 1 N–H and O–H groups in total. The number of nitrogens with one attached hydrogen (secondary N) is 1. The number of carbonyl (C=O) groups is 1. The first kappa shape index (κ1) is 23.6. The summed E-state index contributed by atoms with van der Waals surface area (Å²) in [7, 11) is 0. The van der Waals surface area contributed by atoms with Gasteiger partial charge in [-0.25, -0.2) is 0 Å². The summed E-state index contributed by atoms with van der Waals surface area (Å²) < 4.78 is 42.2. The van der Waals surface area contributed by atoms with E-state index in [-0.39, 0.29) is 16.7 Å². The molecule has 1 unspecified atom stereocenters. The average Bonchev–Trinajstić information content (AvgIpc) is 2.74. The fraction of sp³-hybridized carbons (Fsp3) is 0.273. The van der Waals surface area contributed by atoms with Gasteiger partial charge in [0.2, 0.25) is 5.43 Å². The van der Waals surface area contributed by atoms with Crippen molar-refractivity contribution in [2.45, 2.75) is 33.0 Å². The second-order valence-corrected chi connectivity index (χ2v) is 8.02. The molecule has 3 rings (SSSR count). The van der Waals surface area contributed by atoms with Gasteiger partial charge in [-0.1, -0.05) is 0 Å². The van der Waals surface area contributed by atoms with Crippen LogP contribution >= 0.6 is 15.9 Å². The largest absolute Gasteiger partial charge is 0.433 e. The first-order chi connectivity index (χ1) is 15.0. The summed E-state index contributed by atoms with van der Waals surface area (Å²) >= 11 is 3.33. The number of hydrogen-bond donors (Lipinski definition) is 1. The molecule has 0 aliphatic carbocycles. The minimum atomic E-state index is -4.67.